The van der Waals surface area contributed by atoms with Crippen molar-refractivity contribution in [3.63, 3.8) is 0 Å². The Morgan fingerprint density at radius 3 is 1.93 bits per heavy atom. The minimum Gasteiger partial charge on any atom is -0.0839 e. The van der Waals surface area contributed by atoms with E-state index < -0.39 is 0 Å². The molecule has 0 nitrogen and oxygen atoms in total. The largest absolute Gasteiger partial charge is 0.0839 e. The van der Waals surface area contributed by atoms with Crippen molar-refractivity contribution in [1.29, 1.82) is 0 Å². The SMILES string of the molecule is CCCc1ccc(C=CCCC2CCC(C3CCC(CC)CC3)CC2)cc1. The summed E-state index contributed by atoms with van der Waals surface area (Å²) in [6.45, 7) is 4.63. The van der Waals surface area contributed by atoms with Gasteiger partial charge in [-0.3, -0.25) is 0 Å². The Bertz CT molecular complexity index is 536. The Labute approximate surface area is 168 Å². The van der Waals surface area contributed by atoms with Crippen LogP contribution in [-0.4, -0.2) is 0 Å². The van der Waals surface area contributed by atoms with Gasteiger partial charge in [0.1, 0.15) is 0 Å². The average Bonchev–Trinajstić information content (AvgIpc) is 2.73. The van der Waals surface area contributed by atoms with Crippen LogP contribution in [0.5, 0.6) is 0 Å². The van der Waals surface area contributed by atoms with Gasteiger partial charge in [0.05, 0.1) is 0 Å². The van der Waals surface area contributed by atoms with Gasteiger partial charge in [-0.2, -0.15) is 0 Å². The van der Waals surface area contributed by atoms with Gasteiger partial charge in [-0.15, -0.1) is 0 Å². The average molecular weight is 367 g/mol. The molecule has 0 heteroatoms. The molecule has 0 saturated heterocycles. The molecule has 0 radical (unpaired) electrons. The molecule has 2 fully saturated rings. The van der Waals surface area contributed by atoms with Crippen LogP contribution in [-0.2, 0) is 6.42 Å². The fourth-order valence-corrected chi connectivity index (χ4v) is 5.65. The van der Waals surface area contributed by atoms with Crippen LogP contribution < -0.4 is 0 Å². The molecular formula is C27H42. The summed E-state index contributed by atoms with van der Waals surface area (Å²) in [6, 6.07) is 9.14. The minimum absolute atomic E-state index is 0.991. The van der Waals surface area contributed by atoms with Gasteiger partial charge < -0.3 is 0 Å². The van der Waals surface area contributed by atoms with Crippen LogP contribution in [0.3, 0.4) is 0 Å². The van der Waals surface area contributed by atoms with Crippen LogP contribution in [0.1, 0.15) is 102 Å². The molecule has 0 heterocycles. The normalized spacial score (nSPS) is 29.3. The second-order valence-electron chi connectivity index (χ2n) is 9.44. The molecule has 3 rings (SSSR count). The molecule has 2 aliphatic carbocycles. The molecular weight excluding hydrogens is 324 g/mol. The highest BCUT2D eigenvalue weighted by atomic mass is 14.4. The van der Waals surface area contributed by atoms with Crippen molar-refractivity contribution in [2.24, 2.45) is 23.7 Å². The maximum absolute atomic E-state index is 2.41. The molecule has 2 aliphatic rings. The fraction of sp³-hybridized carbons (Fsp3) is 0.704. The van der Waals surface area contributed by atoms with Crippen LogP contribution in [0.4, 0.5) is 0 Å². The lowest BCUT2D eigenvalue weighted by Crippen LogP contribution is -2.25. The summed E-state index contributed by atoms with van der Waals surface area (Å²) < 4.78 is 0. The Balaban J connectivity index is 1.32. The third-order valence-corrected chi connectivity index (χ3v) is 7.60. The number of allylic oxidation sites excluding steroid dienone is 1. The van der Waals surface area contributed by atoms with Gasteiger partial charge in [0.15, 0.2) is 0 Å². The van der Waals surface area contributed by atoms with Crippen LogP contribution in [0.25, 0.3) is 6.08 Å². The maximum Gasteiger partial charge on any atom is -0.0260 e. The Morgan fingerprint density at radius 2 is 1.37 bits per heavy atom. The molecule has 1 aromatic carbocycles. The van der Waals surface area contributed by atoms with Crippen LogP contribution in [0, 0.1) is 23.7 Å². The molecule has 0 aromatic heterocycles. The van der Waals surface area contributed by atoms with Crippen molar-refractivity contribution < 1.29 is 0 Å². The van der Waals surface area contributed by atoms with E-state index >= 15 is 0 Å². The van der Waals surface area contributed by atoms with E-state index in [0.29, 0.717) is 0 Å². The first-order valence-electron chi connectivity index (χ1n) is 12.0. The number of hydrogen-bond acceptors (Lipinski definition) is 0. The molecule has 0 amide bonds. The topological polar surface area (TPSA) is 0 Å². The van der Waals surface area contributed by atoms with Crippen molar-refractivity contribution >= 4 is 6.08 Å². The molecule has 0 aliphatic heterocycles. The Hall–Kier alpha value is -1.04. The van der Waals surface area contributed by atoms with Gasteiger partial charge in [-0.05, 0) is 79.7 Å². The fourth-order valence-electron chi connectivity index (χ4n) is 5.65. The van der Waals surface area contributed by atoms with Crippen molar-refractivity contribution in [1.82, 2.24) is 0 Å². The summed E-state index contributed by atoms with van der Waals surface area (Å²) in [4.78, 5) is 0. The van der Waals surface area contributed by atoms with Gasteiger partial charge in [0.25, 0.3) is 0 Å². The summed E-state index contributed by atoms with van der Waals surface area (Å²) in [5, 5.41) is 0. The highest BCUT2D eigenvalue weighted by molar-refractivity contribution is 5.49. The molecule has 150 valence electrons. The monoisotopic (exact) mass is 366 g/mol. The van der Waals surface area contributed by atoms with Crippen molar-refractivity contribution in [3.8, 4) is 0 Å². The van der Waals surface area contributed by atoms with E-state index in [0.717, 1.165) is 23.7 Å². The van der Waals surface area contributed by atoms with E-state index in [-0.39, 0.29) is 0 Å². The second kappa shape index (κ2) is 11.1. The molecule has 0 bridgehead atoms. The molecule has 0 unspecified atom stereocenters. The molecule has 27 heavy (non-hydrogen) atoms. The lowest BCUT2D eigenvalue weighted by molar-refractivity contribution is 0.143. The predicted molar refractivity (Wildman–Crippen MR) is 120 cm³/mol. The van der Waals surface area contributed by atoms with Crippen LogP contribution in [0.2, 0.25) is 0 Å². The van der Waals surface area contributed by atoms with Crippen molar-refractivity contribution in [2.75, 3.05) is 0 Å². The Morgan fingerprint density at radius 1 is 0.778 bits per heavy atom. The van der Waals surface area contributed by atoms with E-state index in [1.807, 2.05) is 0 Å². The number of benzene rings is 1. The smallest absolute Gasteiger partial charge is 0.0260 e. The van der Waals surface area contributed by atoms with Gasteiger partial charge in [0.2, 0.25) is 0 Å². The van der Waals surface area contributed by atoms with E-state index in [4.69, 9.17) is 0 Å². The van der Waals surface area contributed by atoms with Gasteiger partial charge in [-0.1, -0.05) is 88.8 Å². The highest BCUT2D eigenvalue weighted by Gasteiger charge is 2.30. The summed E-state index contributed by atoms with van der Waals surface area (Å²) in [6.07, 6.45) is 23.4. The molecule has 0 atom stereocenters. The van der Waals surface area contributed by atoms with Crippen molar-refractivity contribution in [3.05, 3.63) is 41.5 Å². The molecule has 2 saturated carbocycles. The first-order chi connectivity index (χ1) is 13.3. The lowest BCUT2D eigenvalue weighted by Gasteiger charge is -2.37. The van der Waals surface area contributed by atoms with E-state index in [9.17, 15) is 0 Å². The zero-order chi connectivity index (χ0) is 18.9. The standard InChI is InChI=1S/C27H42/c1-3-7-23-10-12-24(13-11-23)8-5-6-9-25-16-20-27(21-17-25)26-18-14-22(4-2)15-19-26/h5,8,10-13,22,25-27H,3-4,6-7,9,14-21H2,1-2H3. The summed E-state index contributed by atoms with van der Waals surface area (Å²) in [7, 11) is 0. The van der Waals surface area contributed by atoms with Crippen LogP contribution >= 0.6 is 0 Å². The predicted octanol–water partition coefficient (Wildman–Crippen LogP) is 8.46. The zero-order valence-electron chi connectivity index (χ0n) is 18.0. The third-order valence-electron chi connectivity index (χ3n) is 7.60. The van der Waals surface area contributed by atoms with Crippen molar-refractivity contribution in [2.45, 2.75) is 97.3 Å². The second-order valence-corrected chi connectivity index (χ2v) is 9.44. The van der Waals surface area contributed by atoms with Gasteiger partial charge >= 0.3 is 0 Å². The first kappa shape index (κ1) is 20.7. The molecule has 0 spiro atoms. The number of aryl methyl sites for hydroxylation is 1. The van der Waals surface area contributed by atoms with Crippen LogP contribution in [0.15, 0.2) is 30.3 Å². The van der Waals surface area contributed by atoms with E-state index in [1.54, 1.807) is 0 Å². The molecule has 1 aromatic rings. The number of rotatable bonds is 8. The summed E-state index contributed by atoms with van der Waals surface area (Å²) in [5.41, 5.74) is 2.83. The van der Waals surface area contributed by atoms with E-state index in [1.165, 1.54) is 94.6 Å². The zero-order valence-corrected chi connectivity index (χ0v) is 18.0. The highest BCUT2D eigenvalue weighted by Crippen LogP contribution is 2.42. The minimum atomic E-state index is 0.991. The first-order valence-corrected chi connectivity index (χ1v) is 12.0. The van der Waals surface area contributed by atoms with E-state index in [2.05, 4.69) is 50.3 Å². The van der Waals surface area contributed by atoms with Gasteiger partial charge in [-0.25, -0.2) is 0 Å². The lowest BCUT2D eigenvalue weighted by atomic mass is 9.68. The Kier molecular flexibility index (Phi) is 8.49. The summed E-state index contributed by atoms with van der Waals surface area (Å²) in [5.74, 6) is 4.18. The number of hydrogen-bond donors (Lipinski definition) is 0. The third kappa shape index (κ3) is 6.51. The maximum atomic E-state index is 2.41. The quantitative estimate of drug-likeness (QED) is 0.433. The van der Waals surface area contributed by atoms with Gasteiger partial charge in [0, 0.05) is 0 Å². The molecule has 0 N–H and O–H groups in total. The summed E-state index contributed by atoms with van der Waals surface area (Å²) >= 11 is 0.